The van der Waals surface area contributed by atoms with Crippen LogP contribution < -0.4 is 16.0 Å². The number of nitrogens with one attached hydrogen (secondary N) is 1. The third kappa shape index (κ3) is 3.33. The Kier molecular flexibility index (Phi) is 4.80. The number of carbonyl (C=O) groups is 2. The maximum Gasteiger partial charge on any atom is 0.245 e. The second-order valence-electron chi connectivity index (χ2n) is 5.01. The molecule has 1 aliphatic rings. The van der Waals surface area contributed by atoms with E-state index in [0.29, 0.717) is 37.6 Å². The zero-order chi connectivity index (χ0) is 15.4. The van der Waals surface area contributed by atoms with Gasteiger partial charge in [-0.15, -0.1) is 0 Å². The SMILES string of the molecule is CCNC(=O)C1COCCN1c1ccc(N)c(C(C)=O)c1. The lowest BCUT2D eigenvalue weighted by Gasteiger charge is -2.36. The minimum atomic E-state index is -0.387. The second-order valence-corrected chi connectivity index (χ2v) is 5.01. The Bertz CT molecular complexity index is 545. The summed E-state index contributed by atoms with van der Waals surface area (Å²) >= 11 is 0. The fourth-order valence-electron chi connectivity index (χ4n) is 2.45. The molecule has 114 valence electrons. The Morgan fingerprint density at radius 3 is 2.90 bits per heavy atom. The lowest BCUT2D eigenvalue weighted by molar-refractivity contribution is -0.124. The number of morpholine rings is 1. The topological polar surface area (TPSA) is 84.7 Å². The number of benzene rings is 1. The molecular weight excluding hydrogens is 270 g/mol. The van der Waals surface area contributed by atoms with Crippen molar-refractivity contribution in [2.45, 2.75) is 19.9 Å². The summed E-state index contributed by atoms with van der Waals surface area (Å²) in [5.41, 5.74) is 7.57. The number of carbonyl (C=O) groups excluding carboxylic acids is 2. The first-order chi connectivity index (χ1) is 10.0. The number of Topliss-reactive ketones (excluding diaryl/α,β-unsaturated/α-hetero) is 1. The van der Waals surface area contributed by atoms with Crippen LogP contribution in [-0.2, 0) is 9.53 Å². The number of ketones is 1. The summed E-state index contributed by atoms with van der Waals surface area (Å²) in [5.74, 6) is -0.157. The van der Waals surface area contributed by atoms with E-state index in [-0.39, 0.29) is 17.7 Å². The third-order valence-corrected chi connectivity index (χ3v) is 3.53. The molecule has 1 heterocycles. The van der Waals surface area contributed by atoms with Gasteiger partial charge in [-0.05, 0) is 32.0 Å². The van der Waals surface area contributed by atoms with Crippen molar-refractivity contribution in [3.63, 3.8) is 0 Å². The average Bonchev–Trinajstić information content (AvgIpc) is 2.47. The van der Waals surface area contributed by atoms with Crippen molar-refractivity contribution in [1.29, 1.82) is 0 Å². The van der Waals surface area contributed by atoms with Gasteiger partial charge in [0.1, 0.15) is 6.04 Å². The van der Waals surface area contributed by atoms with Gasteiger partial charge in [-0.3, -0.25) is 9.59 Å². The highest BCUT2D eigenvalue weighted by molar-refractivity contribution is 6.00. The van der Waals surface area contributed by atoms with E-state index in [1.54, 1.807) is 12.1 Å². The molecule has 6 heteroatoms. The minimum Gasteiger partial charge on any atom is -0.398 e. The number of likely N-dealkylation sites (N-methyl/N-ethyl adjacent to an activating group) is 1. The van der Waals surface area contributed by atoms with Crippen LogP contribution in [0.25, 0.3) is 0 Å². The predicted molar refractivity (Wildman–Crippen MR) is 81.5 cm³/mol. The summed E-state index contributed by atoms with van der Waals surface area (Å²) in [6.45, 7) is 5.42. The Hall–Kier alpha value is -2.08. The lowest BCUT2D eigenvalue weighted by Crippen LogP contribution is -2.54. The van der Waals surface area contributed by atoms with Crippen LogP contribution >= 0.6 is 0 Å². The van der Waals surface area contributed by atoms with E-state index >= 15 is 0 Å². The fourth-order valence-corrected chi connectivity index (χ4v) is 2.45. The number of hydrogen-bond acceptors (Lipinski definition) is 5. The van der Waals surface area contributed by atoms with Crippen molar-refractivity contribution in [2.75, 3.05) is 36.9 Å². The number of nitrogens with zero attached hydrogens (tertiary/aromatic N) is 1. The molecule has 1 aromatic rings. The van der Waals surface area contributed by atoms with Gasteiger partial charge in [-0.2, -0.15) is 0 Å². The molecule has 1 aromatic carbocycles. The molecule has 0 radical (unpaired) electrons. The molecule has 6 nitrogen and oxygen atoms in total. The number of anilines is 2. The zero-order valence-electron chi connectivity index (χ0n) is 12.4. The van der Waals surface area contributed by atoms with Crippen molar-refractivity contribution in [3.05, 3.63) is 23.8 Å². The minimum absolute atomic E-state index is 0.0709. The number of nitrogens with two attached hydrogens (primary N) is 1. The Balaban J connectivity index is 2.31. The largest absolute Gasteiger partial charge is 0.398 e. The molecule has 21 heavy (non-hydrogen) atoms. The van der Waals surface area contributed by atoms with E-state index < -0.39 is 0 Å². The highest BCUT2D eigenvalue weighted by Crippen LogP contribution is 2.25. The molecule has 1 amide bonds. The number of nitrogen functional groups attached to an aromatic ring is 1. The van der Waals surface area contributed by atoms with Crippen LogP contribution in [0.5, 0.6) is 0 Å². The van der Waals surface area contributed by atoms with Crippen molar-refractivity contribution in [2.24, 2.45) is 0 Å². The molecular formula is C15H21N3O3. The first kappa shape index (κ1) is 15.3. The summed E-state index contributed by atoms with van der Waals surface area (Å²) in [7, 11) is 0. The normalized spacial score (nSPS) is 18.4. The fraction of sp³-hybridized carbons (Fsp3) is 0.467. The van der Waals surface area contributed by atoms with Crippen molar-refractivity contribution in [3.8, 4) is 0 Å². The molecule has 0 spiro atoms. The number of amides is 1. The van der Waals surface area contributed by atoms with Crippen LogP contribution in [0.4, 0.5) is 11.4 Å². The molecule has 1 fully saturated rings. The summed E-state index contributed by atoms with van der Waals surface area (Å²) < 4.78 is 5.41. The van der Waals surface area contributed by atoms with Gasteiger partial charge in [0.25, 0.3) is 0 Å². The molecule has 1 unspecified atom stereocenters. The first-order valence-corrected chi connectivity index (χ1v) is 7.07. The van der Waals surface area contributed by atoms with Gasteiger partial charge < -0.3 is 20.7 Å². The molecule has 0 bridgehead atoms. The lowest BCUT2D eigenvalue weighted by atomic mass is 10.1. The van der Waals surface area contributed by atoms with E-state index in [0.717, 1.165) is 5.69 Å². The van der Waals surface area contributed by atoms with Gasteiger partial charge in [0.15, 0.2) is 5.78 Å². The van der Waals surface area contributed by atoms with Gasteiger partial charge in [0.05, 0.1) is 13.2 Å². The van der Waals surface area contributed by atoms with Crippen LogP contribution in [0.2, 0.25) is 0 Å². The van der Waals surface area contributed by atoms with Gasteiger partial charge >= 0.3 is 0 Å². The standard InChI is InChI=1S/C15H21N3O3/c1-3-17-15(20)14-9-21-7-6-18(14)11-4-5-13(16)12(8-11)10(2)19/h4-5,8,14H,3,6-7,9,16H2,1-2H3,(H,17,20). The number of ether oxygens (including phenoxy) is 1. The molecule has 3 N–H and O–H groups in total. The van der Waals surface area contributed by atoms with Gasteiger partial charge in [0, 0.05) is 30.0 Å². The quantitative estimate of drug-likeness (QED) is 0.633. The Morgan fingerprint density at radius 1 is 1.48 bits per heavy atom. The zero-order valence-corrected chi connectivity index (χ0v) is 12.4. The second kappa shape index (κ2) is 6.58. The predicted octanol–water partition coefficient (Wildman–Crippen LogP) is 0.813. The molecule has 1 atom stereocenters. The van der Waals surface area contributed by atoms with Crippen LogP contribution in [0, 0.1) is 0 Å². The van der Waals surface area contributed by atoms with E-state index in [1.165, 1.54) is 6.92 Å². The van der Waals surface area contributed by atoms with E-state index in [4.69, 9.17) is 10.5 Å². The smallest absolute Gasteiger partial charge is 0.245 e. The Labute approximate surface area is 124 Å². The van der Waals surface area contributed by atoms with E-state index in [9.17, 15) is 9.59 Å². The number of rotatable bonds is 4. The number of hydrogen-bond donors (Lipinski definition) is 2. The summed E-state index contributed by atoms with van der Waals surface area (Å²) in [6, 6.07) is 4.90. The van der Waals surface area contributed by atoms with Crippen LogP contribution in [-0.4, -0.2) is 44.0 Å². The molecule has 0 aliphatic carbocycles. The average molecular weight is 291 g/mol. The molecule has 1 saturated heterocycles. The van der Waals surface area contributed by atoms with E-state index in [2.05, 4.69) is 5.32 Å². The first-order valence-electron chi connectivity index (χ1n) is 7.07. The van der Waals surface area contributed by atoms with Crippen LogP contribution in [0.1, 0.15) is 24.2 Å². The maximum absolute atomic E-state index is 12.1. The van der Waals surface area contributed by atoms with Gasteiger partial charge in [0.2, 0.25) is 5.91 Å². The van der Waals surface area contributed by atoms with Crippen molar-refractivity contribution >= 4 is 23.1 Å². The van der Waals surface area contributed by atoms with Crippen LogP contribution in [0.3, 0.4) is 0 Å². The highest BCUT2D eigenvalue weighted by Gasteiger charge is 2.29. The van der Waals surface area contributed by atoms with E-state index in [1.807, 2.05) is 17.9 Å². The van der Waals surface area contributed by atoms with Gasteiger partial charge in [-0.1, -0.05) is 0 Å². The summed E-state index contributed by atoms with van der Waals surface area (Å²) in [6.07, 6.45) is 0. The third-order valence-electron chi connectivity index (χ3n) is 3.53. The highest BCUT2D eigenvalue weighted by atomic mass is 16.5. The summed E-state index contributed by atoms with van der Waals surface area (Å²) in [4.78, 5) is 25.7. The monoisotopic (exact) mass is 291 g/mol. The molecule has 1 aliphatic heterocycles. The molecule has 0 aromatic heterocycles. The molecule has 0 saturated carbocycles. The Morgan fingerprint density at radius 2 is 2.24 bits per heavy atom. The maximum atomic E-state index is 12.1. The van der Waals surface area contributed by atoms with Crippen molar-refractivity contribution in [1.82, 2.24) is 5.32 Å². The van der Waals surface area contributed by atoms with Crippen LogP contribution in [0.15, 0.2) is 18.2 Å². The molecule has 2 rings (SSSR count). The van der Waals surface area contributed by atoms with Crippen molar-refractivity contribution < 1.29 is 14.3 Å². The summed E-state index contributed by atoms with van der Waals surface area (Å²) in [5, 5.41) is 2.81. The van der Waals surface area contributed by atoms with Gasteiger partial charge in [-0.25, -0.2) is 0 Å².